The van der Waals surface area contributed by atoms with Gasteiger partial charge in [-0.15, -0.1) is 10.2 Å². The molecule has 0 bridgehead atoms. The van der Waals surface area contributed by atoms with E-state index in [0.717, 1.165) is 38.0 Å². The van der Waals surface area contributed by atoms with E-state index in [2.05, 4.69) is 33.4 Å². The fraction of sp³-hybridized carbons (Fsp3) is 0.111. The highest BCUT2D eigenvalue weighted by molar-refractivity contribution is 7.16. The third kappa shape index (κ3) is 2.40. The van der Waals surface area contributed by atoms with Crippen LogP contribution in [0.5, 0.6) is 0 Å². The van der Waals surface area contributed by atoms with Gasteiger partial charge in [0.2, 0.25) is 4.96 Å². The number of aryl methyl sites for hydroxylation is 1. The van der Waals surface area contributed by atoms with Gasteiger partial charge in [0.1, 0.15) is 5.01 Å². The van der Waals surface area contributed by atoms with Gasteiger partial charge in [0, 0.05) is 17.4 Å². The van der Waals surface area contributed by atoms with Crippen molar-refractivity contribution in [2.75, 3.05) is 0 Å². The molecule has 5 aromatic rings. The Balaban J connectivity index is 1.55. The predicted octanol–water partition coefficient (Wildman–Crippen LogP) is 3.89. The molecule has 3 heterocycles. The minimum atomic E-state index is 0.610. The minimum absolute atomic E-state index is 0.610. The van der Waals surface area contributed by atoms with Crippen molar-refractivity contribution in [1.29, 1.82) is 0 Å². The summed E-state index contributed by atoms with van der Waals surface area (Å²) in [6, 6.07) is 16.0. The molecule has 0 spiro atoms. The summed E-state index contributed by atoms with van der Waals surface area (Å²) in [5.41, 5.74) is 3.87. The average Bonchev–Trinajstić information content (AvgIpc) is 3.30. The third-order valence-corrected chi connectivity index (χ3v) is 4.98. The lowest BCUT2D eigenvalue weighted by molar-refractivity contribution is 0.448. The maximum Gasteiger partial charge on any atom is 0.234 e. The van der Waals surface area contributed by atoms with E-state index in [1.807, 2.05) is 42.5 Å². The number of rotatable bonds is 3. The molecule has 0 unspecified atom stereocenters. The van der Waals surface area contributed by atoms with E-state index in [4.69, 9.17) is 4.52 Å². The van der Waals surface area contributed by atoms with Crippen LogP contribution in [0.15, 0.2) is 53.1 Å². The van der Waals surface area contributed by atoms with Crippen molar-refractivity contribution >= 4 is 27.3 Å². The standard InChI is InChI=1S/C18H13N5OS/c1-11-7-8-15-13(9-11)14(22-24-15)10-16-21-23-17(19-20-18(23)25-16)12-5-3-2-4-6-12/h2-9H,10H2,1H3. The normalized spacial score (nSPS) is 11.6. The van der Waals surface area contributed by atoms with Gasteiger partial charge in [0.25, 0.3) is 0 Å². The highest BCUT2D eigenvalue weighted by atomic mass is 32.1. The van der Waals surface area contributed by atoms with E-state index >= 15 is 0 Å². The molecular formula is C18H13N5OS. The van der Waals surface area contributed by atoms with Crippen LogP contribution in [0.2, 0.25) is 0 Å². The van der Waals surface area contributed by atoms with E-state index in [1.54, 1.807) is 4.52 Å². The van der Waals surface area contributed by atoms with Crippen molar-refractivity contribution in [2.24, 2.45) is 0 Å². The first kappa shape index (κ1) is 14.3. The summed E-state index contributed by atoms with van der Waals surface area (Å²) in [5, 5.41) is 19.4. The van der Waals surface area contributed by atoms with Crippen molar-refractivity contribution in [3.8, 4) is 11.4 Å². The molecule has 25 heavy (non-hydrogen) atoms. The smallest absolute Gasteiger partial charge is 0.234 e. The molecule has 0 amide bonds. The summed E-state index contributed by atoms with van der Waals surface area (Å²) in [7, 11) is 0. The van der Waals surface area contributed by atoms with Crippen LogP contribution in [-0.2, 0) is 6.42 Å². The van der Waals surface area contributed by atoms with Gasteiger partial charge in [-0.05, 0) is 19.1 Å². The molecule has 0 aliphatic heterocycles. The number of fused-ring (bicyclic) bond motifs is 2. The van der Waals surface area contributed by atoms with Crippen molar-refractivity contribution in [1.82, 2.24) is 25.0 Å². The van der Waals surface area contributed by atoms with Crippen LogP contribution in [0.3, 0.4) is 0 Å². The molecular weight excluding hydrogens is 334 g/mol. The molecule has 3 aromatic heterocycles. The van der Waals surface area contributed by atoms with Crippen molar-refractivity contribution in [2.45, 2.75) is 13.3 Å². The first-order valence-electron chi connectivity index (χ1n) is 7.89. The van der Waals surface area contributed by atoms with Crippen molar-refractivity contribution < 1.29 is 4.52 Å². The van der Waals surface area contributed by atoms with E-state index < -0.39 is 0 Å². The van der Waals surface area contributed by atoms with E-state index in [1.165, 1.54) is 16.9 Å². The van der Waals surface area contributed by atoms with Gasteiger partial charge in [0.05, 0.1) is 5.69 Å². The molecule has 0 aliphatic rings. The molecule has 122 valence electrons. The van der Waals surface area contributed by atoms with Gasteiger partial charge in [-0.2, -0.15) is 9.61 Å². The summed E-state index contributed by atoms with van der Waals surface area (Å²) in [6.07, 6.45) is 0.610. The molecule has 0 saturated carbocycles. The largest absolute Gasteiger partial charge is 0.356 e. The van der Waals surface area contributed by atoms with Crippen LogP contribution in [-0.4, -0.2) is 25.0 Å². The van der Waals surface area contributed by atoms with Gasteiger partial charge in [-0.3, -0.25) is 0 Å². The molecule has 0 radical (unpaired) electrons. The molecule has 0 aliphatic carbocycles. The number of benzene rings is 2. The SMILES string of the molecule is Cc1ccc2onc(Cc3nn4c(-c5ccccc5)nnc4s3)c2c1. The topological polar surface area (TPSA) is 69.1 Å². The Labute approximate surface area is 146 Å². The molecule has 5 rings (SSSR count). The van der Waals surface area contributed by atoms with Crippen molar-refractivity contribution in [3.63, 3.8) is 0 Å². The third-order valence-electron chi connectivity index (χ3n) is 4.08. The van der Waals surface area contributed by atoms with Gasteiger partial charge < -0.3 is 4.52 Å². The lowest BCUT2D eigenvalue weighted by Gasteiger charge is -1.96. The van der Waals surface area contributed by atoms with E-state index in [9.17, 15) is 0 Å². The van der Waals surface area contributed by atoms with Crippen LogP contribution in [0.25, 0.3) is 27.3 Å². The summed E-state index contributed by atoms with van der Waals surface area (Å²) >= 11 is 1.52. The monoisotopic (exact) mass is 347 g/mol. The highest BCUT2D eigenvalue weighted by Gasteiger charge is 2.16. The van der Waals surface area contributed by atoms with E-state index in [0.29, 0.717) is 6.42 Å². The van der Waals surface area contributed by atoms with Crippen LogP contribution in [0, 0.1) is 6.92 Å². The maximum atomic E-state index is 5.42. The second-order valence-corrected chi connectivity index (χ2v) is 6.93. The molecule has 0 fully saturated rings. The average molecular weight is 347 g/mol. The molecule has 0 saturated heterocycles. The number of aromatic nitrogens is 5. The van der Waals surface area contributed by atoms with Gasteiger partial charge >= 0.3 is 0 Å². The number of hydrogen-bond acceptors (Lipinski definition) is 6. The quantitative estimate of drug-likeness (QED) is 0.495. The summed E-state index contributed by atoms with van der Waals surface area (Å²) in [4.78, 5) is 0.776. The maximum absolute atomic E-state index is 5.42. The molecule has 0 N–H and O–H groups in total. The zero-order valence-electron chi connectivity index (χ0n) is 13.4. The Morgan fingerprint density at radius 2 is 1.96 bits per heavy atom. The minimum Gasteiger partial charge on any atom is -0.356 e. The lowest BCUT2D eigenvalue weighted by Crippen LogP contribution is -1.94. The Kier molecular flexibility index (Phi) is 3.14. The summed E-state index contributed by atoms with van der Waals surface area (Å²) in [6.45, 7) is 2.06. The Hall–Kier alpha value is -3.06. The van der Waals surface area contributed by atoms with Crippen molar-refractivity contribution in [3.05, 3.63) is 64.8 Å². The first-order chi connectivity index (χ1) is 12.3. The fourth-order valence-electron chi connectivity index (χ4n) is 2.87. The zero-order chi connectivity index (χ0) is 16.8. The molecule has 7 heteroatoms. The van der Waals surface area contributed by atoms with Crippen LogP contribution < -0.4 is 0 Å². The van der Waals surface area contributed by atoms with Gasteiger partial charge in [0.15, 0.2) is 11.4 Å². The Bertz CT molecular complexity index is 1190. The fourth-order valence-corrected chi connectivity index (χ4v) is 3.71. The van der Waals surface area contributed by atoms with Crippen LogP contribution in [0.1, 0.15) is 16.3 Å². The molecule has 2 aromatic carbocycles. The second kappa shape index (κ2) is 5.49. The summed E-state index contributed by atoms with van der Waals surface area (Å²) < 4.78 is 7.21. The second-order valence-electron chi connectivity index (χ2n) is 5.89. The zero-order valence-corrected chi connectivity index (χ0v) is 14.2. The Morgan fingerprint density at radius 1 is 1.08 bits per heavy atom. The van der Waals surface area contributed by atoms with Gasteiger partial charge in [-0.25, -0.2) is 0 Å². The molecule has 6 nitrogen and oxygen atoms in total. The first-order valence-corrected chi connectivity index (χ1v) is 8.71. The number of hydrogen-bond donors (Lipinski definition) is 0. The predicted molar refractivity (Wildman–Crippen MR) is 95.6 cm³/mol. The number of nitrogens with zero attached hydrogens (tertiary/aromatic N) is 5. The van der Waals surface area contributed by atoms with Gasteiger partial charge in [-0.1, -0.05) is 58.5 Å². The van der Waals surface area contributed by atoms with Crippen LogP contribution >= 0.6 is 11.3 Å². The lowest BCUT2D eigenvalue weighted by atomic mass is 10.1. The highest BCUT2D eigenvalue weighted by Crippen LogP contribution is 2.26. The van der Waals surface area contributed by atoms with E-state index in [-0.39, 0.29) is 0 Å². The summed E-state index contributed by atoms with van der Waals surface area (Å²) in [5.74, 6) is 0.749. The Morgan fingerprint density at radius 3 is 2.84 bits per heavy atom. The molecule has 0 atom stereocenters. The van der Waals surface area contributed by atoms with Crippen LogP contribution in [0.4, 0.5) is 0 Å².